The number of fused-ring (bicyclic) bond motifs is 10. The van der Waals surface area contributed by atoms with Crippen LogP contribution >= 0.6 is 74.5 Å². The number of aryl methyl sites for hydroxylation is 2. The van der Waals surface area contributed by atoms with E-state index in [0.717, 1.165) is 94.6 Å². The smallest absolute Gasteiger partial charge is 0.451 e. The number of halogens is 17. The summed E-state index contributed by atoms with van der Waals surface area (Å²) in [7, 11) is -13.9. The molecule has 786 valence electrons. The normalized spacial score (nSPS) is 23.7. The van der Waals surface area contributed by atoms with Crippen LogP contribution in [0.15, 0.2) is 36.4 Å². The fraction of sp³-hybridized carbons (Fsp3) is 0.724. The minimum Gasteiger partial charge on any atom is -0.451 e. The molecule has 138 heavy (non-hydrogen) atoms. The maximum absolute atomic E-state index is 15.6. The van der Waals surface area contributed by atoms with Crippen LogP contribution in [0.1, 0.15) is 195 Å². The van der Waals surface area contributed by atoms with Gasteiger partial charge in [-0.05, 0) is 255 Å². The lowest BCUT2D eigenvalue weighted by molar-refractivity contribution is -0.374. The van der Waals surface area contributed by atoms with Crippen molar-refractivity contribution in [2.45, 2.75) is 230 Å². The number of nitrogens with one attached hydrogen (secondary N) is 2. The Morgan fingerprint density at radius 1 is 0.442 bits per heavy atom. The van der Waals surface area contributed by atoms with E-state index in [1.165, 1.54) is 55.3 Å². The Labute approximate surface area is 806 Å². The van der Waals surface area contributed by atoms with Crippen LogP contribution in [0.2, 0.25) is 0 Å². The first-order valence-corrected chi connectivity index (χ1v) is 56.5. The molecule has 4 saturated carbocycles. The molecule has 6 aliphatic carbocycles. The van der Waals surface area contributed by atoms with Crippen LogP contribution in [-0.4, -0.2) is 189 Å². The van der Waals surface area contributed by atoms with Crippen LogP contribution in [0.25, 0.3) is 0 Å². The standard InChI is InChI=1S/C87H121F17N2O24P4S4/c1-81(2,85(96,97)98)121-37-11-35-119-69-25-23-67-63-19-15-55-45-57(17-21-59(55)61(63)27-29-82(67,69)3)127-79-75(92)73(90)66(74(91)76(79)93)48-106-32-10-42-136-138-44-40-118-34-8-14-54(50-124-132(110,111)116-6)52-126-134(114,115)130-129-133(112,113)125-51-53(49-123-131(107,108)109)13-7-33-117-39-43-137-135-41-9-31-105-47-65-71(88)77(94)80(78(95)72(65)89)128-58-18-22-60-56(46-58)16-20-64-62(60)28-30-83(4)68(64)24-26-70(83)120-36-12-38-122-84(5,86(99,100)101)87(102,103)104/h17-18,21-22,45-46,53-54,61-64,67-70,105-106H,7-16,19-20,23-44,47-52H2,1-6H3,(H,110,111)(H,112,113)(H,114,115)(H2,107,108,109). The second-order valence-corrected chi connectivity index (χ2v) is 47.2. The van der Waals surface area contributed by atoms with Crippen molar-refractivity contribution in [3.8, 4) is 23.0 Å². The molecule has 0 saturated heterocycles. The van der Waals surface area contributed by atoms with Gasteiger partial charge in [-0.25, -0.2) is 35.8 Å². The summed E-state index contributed by atoms with van der Waals surface area (Å²) in [5.74, 6) is -14.4. The van der Waals surface area contributed by atoms with E-state index >= 15 is 35.1 Å². The third kappa shape index (κ3) is 31.7. The highest BCUT2D eigenvalue weighted by atomic mass is 33.1. The molecule has 0 aromatic heterocycles. The van der Waals surface area contributed by atoms with Gasteiger partial charge in [0.15, 0.2) is 28.9 Å². The zero-order chi connectivity index (χ0) is 101. The summed E-state index contributed by atoms with van der Waals surface area (Å²) in [4.78, 5) is 49.2. The Morgan fingerprint density at radius 3 is 1.21 bits per heavy atom. The number of hydrogen-bond acceptors (Lipinski definition) is 25. The molecule has 4 aromatic carbocycles. The number of phosphoric ester groups is 4. The van der Waals surface area contributed by atoms with E-state index in [2.05, 4.69) is 47.6 Å². The molecule has 4 fully saturated rings. The molecule has 10 rings (SSSR count). The summed E-state index contributed by atoms with van der Waals surface area (Å²) in [5.41, 5.74) is -4.92. The number of hydrogen-bond donors (Lipinski definition) is 7. The zero-order valence-corrected chi connectivity index (χ0v) is 83.7. The maximum atomic E-state index is 15.6. The third-order valence-electron chi connectivity index (χ3n) is 26.8. The number of benzene rings is 4. The lowest BCUT2D eigenvalue weighted by Gasteiger charge is -2.50. The van der Waals surface area contributed by atoms with Gasteiger partial charge in [-0.2, -0.15) is 57.1 Å². The second kappa shape index (κ2) is 51.6. The van der Waals surface area contributed by atoms with E-state index in [0.29, 0.717) is 79.8 Å². The number of ether oxygens (including phenoxy) is 8. The molecule has 0 spiro atoms. The molecule has 15 atom stereocenters. The lowest BCUT2D eigenvalue weighted by atomic mass is 9.55. The van der Waals surface area contributed by atoms with E-state index in [-0.39, 0.29) is 157 Å². The molecule has 0 aliphatic heterocycles. The summed E-state index contributed by atoms with van der Waals surface area (Å²) >= 11 is 0. The van der Waals surface area contributed by atoms with Gasteiger partial charge in [0.25, 0.3) is 5.60 Å². The van der Waals surface area contributed by atoms with Crippen molar-refractivity contribution in [3.05, 3.63) is 116 Å². The van der Waals surface area contributed by atoms with E-state index in [1.807, 2.05) is 6.07 Å². The molecule has 15 unspecified atom stereocenters. The molecule has 0 radical (unpaired) electrons. The first-order chi connectivity index (χ1) is 64.9. The fourth-order valence-corrected chi connectivity index (χ4v) is 25.6. The molecule has 4 aromatic rings. The highest BCUT2D eigenvalue weighted by Gasteiger charge is 2.69. The van der Waals surface area contributed by atoms with Gasteiger partial charge in [0, 0.05) is 99.2 Å². The number of alkyl halides is 9. The molecule has 51 heteroatoms. The Kier molecular flexibility index (Phi) is 43.7. The van der Waals surface area contributed by atoms with Crippen LogP contribution in [0.5, 0.6) is 23.0 Å². The molecule has 7 N–H and O–H groups in total. The predicted octanol–water partition coefficient (Wildman–Crippen LogP) is 23.2. The summed E-state index contributed by atoms with van der Waals surface area (Å²) in [6, 6.07) is 9.88. The summed E-state index contributed by atoms with van der Waals surface area (Å²) < 4.78 is 369. The summed E-state index contributed by atoms with van der Waals surface area (Å²) in [5, 5.41) is 5.60. The van der Waals surface area contributed by atoms with Crippen LogP contribution in [0.3, 0.4) is 0 Å². The molecule has 6 aliphatic rings. The van der Waals surface area contributed by atoms with Crippen molar-refractivity contribution < 1.29 is 187 Å². The van der Waals surface area contributed by atoms with Gasteiger partial charge in [-0.1, -0.05) is 69.2 Å². The lowest BCUT2D eigenvalue weighted by Crippen LogP contribution is -2.56. The van der Waals surface area contributed by atoms with Gasteiger partial charge < -0.3 is 73.0 Å². The fourth-order valence-electron chi connectivity index (χ4n) is 19.2. The molecule has 0 heterocycles. The van der Waals surface area contributed by atoms with Crippen LogP contribution in [-0.2, 0) is 105 Å². The largest absolute Gasteiger partial charge is 0.499 e. The van der Waals surface area contributed by atoms with Gasteiger partial charge in [-0.15, -0.1) is 9.35 Å². The van der Waals surface area contributed by atoms with Crippen molar-refractivity contribution in [1.82, 2.24) is 10.6 Å². The van der Waals surface area contributed by atoms with Crippen molar-refractivity contribution >= 4 is 74.5 Å². The van der Waals surface area contributed by atoms with Gasteiger partial charge in [-0.3, -0.25) is 22.6 Å². The van der Waals surface area contributed by atoms with Gasteiger partial charge in [0.05, 0.1) is 58.5 Å². The molecular weight excluding hydrogens is 2030 g/mol. The van der Waals surface area contributed by atoms with E-state index in [4.69, 9.17) is 46.7 Å². The van der Waals surface area contributed by atoms with Crippen LogP contribution in [0, 0.1) is 92.9 Å². The quantitative estimate of drug-likeness (QED) is 0.00411. The Morgan fingerprint density at radius 2 is 0.826 bits per heavy atom. The average Bonchev–Trinajstić information content (AvgIpc) is 1.55. The molecule has 26 nitrogen and oxygen atoms in total. The topological polar surface area (TPSA) is 332 Å². The van der Waals surface area contributed by atoms with Crippen molar-refractivity contribution in [2.75, 3.05) is 122 Å². The van der Waals surface area contributed by atoms with E-state index < -0.39 is 188 Å². The Bertz CT molecular complexity index is 4750. The van der Waals surface area contributed by atoms with Gasteiger partial charge >= 0.3 is 49.8 Å². The predicted molar refractivity (Wildman–Crippen MR) is 480 cm³/mol. The monoisotopic (exact) mass is 2150 g/mol. The Balaban J connectivity index is 0.550. The highest BCUT2D eigenvalue weighted by molar-refractivity contribution is 8.77. The number of phosphoric acid groups is 4. The third-order valence-corrected chi connectivity index (χ3v) is 34.8. The Hall–Kier alpha value is -3.19. The summed E-state index contributed by atoms with van der Waals surface area (Å²) in [6.45, 7) is 2.69. The van der Waals surface area contributed by atoms with E-state index in [1.54, 1.807) is 18.2 Å². The molecule has 0 bridgehead atoms. The first-order valence-electron chi connectivity index (χ1n) is 45.5. The SMILES string of the molecule is COP(=O)(O)OCC(CCCOCCSSCCCNCc1c(F)c(F)c(Oc2ccc3c(c2)CCC2C3CCC3(C)C(OCCCOC(C)(C)C(F)(F)F)CCC23)c(F)c1F)COP(=O)(O)OOP(=O)(O)OCC(CCCOCCSSCCCNCc1c(F)c(F)c(Oc2ccc3c(c2)CCC2C3CCC3(C)C(OCCCOC(C)(C(F)(F)F)C(F)(F)F)CCC23)c(F)c1F)COP(=O)(O)O. The van der Waals surface area contributed by atoms with Gasteiger partial charge in [0.2, 0.25) is 34.8 Å². The minimum atomic E-state index is -5.67. The van der Waals surface area contributed by atoms with Crippen LogP contribution in [0.4, 0.5) is 74.6 Å². The molecule has 0 amide bonds. The van der Waals surface area contributed by atoms with Crippen molar-refractivity contribution in [3.63, 3.8) is 0 Å². The highest BCUT2D eigenvalue weighted by Crippen LogP contribution is 2.65. The van der Waals surface area contributed by atoms with Crippen LogP contribution < -0.4 is 20.1 Å². The average molecular weight is 2150 g/mol. The number of rotatable bonds is 60. The maximum Gasteiger partial charge on any atom is 0.499 e. The van der Waals surface area contributed by atoms with Crippen molar-refractivity contribution in [1.29, 1.82) is 0 Å². The van der Waals surface area contributed by atoms with Gasteiger partial charge in [0.1, 0.15) is 11.5 Å². The second-order valence-electron chi connectivity index (χ2n) is 36.3. The summed E-state index contributed by atoms with van der Waals surface area (Å²) in [6.07, 6.45) is -5.54. The minimum absolute atomic E-state index is 0.0145. The zero-order valence-electron chi connectivity index (χ0n) is 76.9. The van der Waals surface area contributed by atoms with Crippen molar-refractivity contribution in [2.24, 2.45) is 46.3 Å². The molecular formula is C87H121F17N2O24P4S4. The first kappa shape index (κ1) is 117. The van der Waals surface area contributed by atoms with E-state index in [9.17, 15) is 82.2 Å².